The highest BCUT2D eigenvalue weighted by atomic mass is 35.5. The third-order valence-electron chi connectivity index (χ3n) is 1.43. The van der Waals surface area contributed by atoms with Crippen molar-refractivity contribution < 1.29 is 24.1 Å². The van der Waals surface area contributed by atoms with Gasteiger partial charge in [-0.1, -0.05) is 19.2 Å². The zero-order valence-corrected chi connectivity index (χ0v) is 11.7. The number of hydrogen-bond acceptors (Lipinski definition) is 4. The van der Waals surface area contributed by atoms with Gasteiger partial charge >= 0.3 is 5.97 Å². The number of carbonyl (C=O) groups is 1. The SMILES string of the molecule is C=CC(=O)O.C=CCOCC1CO1.C=COCCCl. The fraction of sp³-hybridized carbons (Fsp3) is 0.462. The summed E-state index contributed by atoms with van der Waals surface area (Å²) in [6.07, 6.45) is 4.33. The second-order valence-corrected chi connectivity index (χ2v) is 3.43. The van der Waals surface area contributed by atoms with Gasteiger partial charge in [0.15, 0.2) is 0 Å². The van der Waals surface area contributed by atoms with Crippen molar-refractivity contribution in [2.45, 2.75) is 6.10 Å². The van der Waals surface area contributed by atoms with Crippen molar-refractivity contribution >= 4 is 17.6 Å². The molecule has 1 aliphatic rings. The fourth-order valence-electron chi connectivity index (χ4n) is 0.575. The molecule has 6 heteroatoms. The maximum Gasteiger partial charge on any atom is 0.327 e. The summed E-state index contributed by atoms with van der Waals surface area (Å²) in [5.74, 6) is -0.448. The van der Waals surface area contributed by atoms with Gasteiger partial charge in [-0.05, 0) is 0 Å². The zero-order chi connectivity index (χ0) is 14.9. The highest BCUT2D eigenvalue weighted by Gasteiger charge is 2.21. The summed E-state index contributed by atoms with van der Waals surface area (Å²) in [5.41, 5.74) is 0. The summed E-state index contributed by atoms with van der Waals surface area (Å²) in [7, 11) is 0. The number of rotatable bonds is 8. The second kappa shape index (κ2) is 16.7. The molecule has 0 spiro atoms. The minimum atomic E-state index is -0.981. The Labute approximate surface area is 119 Å². The molecule has 1 aliphatic heterocycles. The van der Waals surface area contributed by atoms with E-state index in [4.69, 9.17) is 26.2 Å². The van der Waals surface area contributed by atoms with Crippen molar-refractivity contribution in [3.05, 3.63) is 38.2 Å². The molecule has 0 aromatic rings. The molecule has 19 heavy (non-hydrogen) atoms. The average Bonchev–Trinajstić information content (AvgIpc) is 3.22. The Morgan fingerprint density at radius 2 is 2.05 bits per heavy atom. The summed E-state index contributed by atoms with van der Waals surface area (Å²) in [4.78, 5) is 9.25. The molecule has 0 aromatic heterocycles. The Morgan fingerprint density at radius 1 is 1.47 bits per heavy atom. The van der Waals surface area contributed by atoms with Crippen LogP contribution in [0.25, 0.3) is 0 Å². The van der Waals surface area contributed by atoms with Gasteiger partial charge in [-0.3, -0.25) is 0 Å². The van der Waals surface area contributed by atoms with Gasteiger partial charge in [-0.25, -0.2) is 4.79 Å². The van der Waals surface area contributed by atoms with E-state index in [2.05, 4.69) is 24.5 Å². The van der Waals surface area contributed by atoms with Gasteiger partial charge in [0.1, 0.15) is 12.7 Å². The lowest BCUT2D eigenvalue weighted by Crippen LogP contribution is -2.00. The highest BCUT2D eigenvalue weighted by molar-refractivity contribution is 6.17. The van der Waals surface area contributed by atoms with Crippen LogP contribution in [0.1, 0.15) is 0 Å². The number of carboxylic acids is 1. The van der Waals surface area contributed by atoms with Crippen molar-refractivity contribution in [2.24, 2.45) is 0 Å². The predicted octanol–water partition coefficient (Wildman–Crippen LogP) is 2.23. The lowest BCUT2D eigenvalue weighted by atomic mass is 10.5. The average molecular weight is 293 g/mol. The fourth-order valence-corrected chi connectivity index (χ4v) is 0.664. The van der Waals surface area contributed by atoms with E-state index in [1.807, 2.05) is 0 Å². The third-order valence-corrected chi connectivity index (χ3v) is 1.58. The van der Waals surface area contributed by atoms with Crippen molar-refractivity contribution in [2.75, 3.05) is 32.3 Å². The minimum Gasteiger partial charge on any atom is -0.501 e. The smallest absolute Gasteiger partial charge is 0.327 e. The molecule has 1 fully saturated rings. The van der Waals surface area contributed by atoms with Crippen LogP contribution in [-0.2, 0) is 19.0 Å². The number of alkyl halides is 1. The maximum atomic E-state index is 9.25. The van der Waals surface area contributed by atoms with Crippen LogP contribution in [-0.4, -0.2) is 49.5 Å². The molecule has 0 aromatic carbocycles. The number of ether oxygens (including phenoxy) is 3. The third kappa shape index (κ3) is 26.4. The van der Waals surface area contributed by atoms with E-state index in [-0.39, 0.29) is 0 Å². The van der Waals surface area contributed by atoms with Gasteiger partial charge < -0.3 is 19.3 Å². The van der Waals surface area contributed by atoms with Crippen molar-refractivity contribution in [1.82, 2.24) is 0 Å². The Bertz CT molecular complexity index is 251. The summed E-state index contributed by atoms with van der Waals surface area (Å²) >= 11 is 5.21. The van der Waals surface area contributed by atoms with Crippen LogP contribution in [0, 0.1) is 0 Å². The predicted molar refractivity (Wildman–Crippen MR) is 75.5 cm³/mol. The summed E-state index contributed by atoms with van der Waals surface area (Å²) < 4.78 is 14.6. The van der Waals surface area contributed by atoms with Crippen LogP contribution in [0.4, 0.5) is 0 Å². The minimum absolute atomic E-state index is 0.384. The first-order valence-corrected chi connectivity index (χ1v) is 6.09. The molecule has 0 saturated carbocycles. The second-order valence-electron chi connectivity index (χ2n) is 3.05. The summed E-state index contributed by atoms with van der Waals surface area (Å²) in [5, 5.41) is 7.60. The number of halogens is 1. The molecule has 0 bridgehead atoms. The monoisotopic (exact) mass is 292 g/mol. The molecule has 110 valence electrons. The molecule has 0 aliphatic carbocycles. The van der Waals surface area contributed by atoms with E-state index < -0.39 is 5.97 Å². The molecule has 1 rings (SSSR count). The standard InChI is InChI=1S/C6H10O2.C4H7ClO.C3H4O2/c1-2-3-7-4-6-5-8-6;1-2-6-4-3-5;1-2-3(4)5/h2,6H,1,3-5H2;2H,1,3-4H2;2H,1H2,(H,4,5). The van der Waals surface area contributed by atoms with Crippen molar-refractivity contribution in [3.8, 4) is 0 Å². The molecule has 1 N–H and O–H groups in total. The van der Waals surface area contributed by atoms with Crippen LogP contribution in [0.3, 0.4) is 0 Å². The van der Waals surface area contributed by atoms with E-state index in [1.54, 1.807) is 6.08 Å². The number of aliphatic carboxylic acids is 1. The number of hydrogen-bond donors (Lipinski definition) is 1. The number of carboxylic acid groups (broad SMARTS) is 1. The largest absolute Gasteiger partial charge is 0.501 e. The molecule has 1 heterocycles. The van der Waals surface area contributed by atoms with Gasteiger partial charge in [0, 0.05) is 6.08 Å². The van der Waals surface area contributed by atoms with Gasteiger partial charge in [-0.15, -0.1) is 18.2 Å². The Hall–Kier alpha value is -1.30. The van der Waals surface area contributed by atoms with Gasteiger partial charge in [0.2, 0.25) is 0 Å². The molecular weight excluding hydrogens is 272 g/mol. The van der Waals surface area contributed by atoms with Crippen LogP contribution in [0.5, 0.6) is 0 Å². The maximum absolute atomic E-state index is 9.25. The zero-order valence-electron chi connectivity index (χ0n) is 10.9. The lowest BCUT2D eigenvalue weighted by Gasteiger charge is -1.92. The molecular formula is C13H21ClO5. The Kier molecular flexibility index (Phi) is 17.6. The highest BCUT2D eigenvalue weighted by Crippen LogP contribution is 2.07. The van der Waals surface area contributed by atoms with E-state index in [9.17, 15) is 4.79 Å². The van der Waals surface area contributed by atoms with Gasteiger partial charge in [0.25, 0.3) is 0 Å². The molecule has 0 radical (unpaired) electrons. The van der Waals surface area contributed by atoms with E-state index in [0.717, 1.165) is 19.3 Å². The van der Waals surface area contributed by atoms with E-state index in [0.29, 0.717) is 25.2 Å². The quantitative estimate of drug-likeness (QED) is 0.186. The van der Waals surface area contributed by atoms with Crippen molar-refractivity contribution in [3.63, 3.8) is 0 Å². The Morgan fingerprint density at radius 3 is 2.32 bits per heavy atom. The lowest BCUT2D eigenvalue weighted by molar-refractivity contribution is -0.131. The van der Waals surface area contributed by atoms with E-state index in [1.165, 1.54) is 6.26 Å². The number of epoxide rings is 1. The van der Waals surface area contributed by atoms with E-state index >= 15 is 0 Å². The Balaban J connectivity index is 0. The summed E-state index contributed by atoms with van der Waals surface area (Å²) in [6, 6.07) is 0. The molecule has 1 saturated heterocycles. The van der Waals surface area contributed by atoms with Crippen LogP contribution < -0.4 is 0 Å². The first kappa shape index (κ1) is 20.0. The van der Waals surface area contributed by atoms with Crippen LogP contribution >= 0.6 is 11.6 Å². The van der Waals surface area contributed by atoms with Gasteiger partial charge in [0.05, 0.1) is 32.0 Å². The molecule has 5 nitrogen and oxygen atoms in total. The topological polar surface area (TPSA) is 68.3 Å². The molecule has 1 atom stereocenters. The van der Waals surface area contributed by atoms with Gasteiger partial charge in [-0.2, -0.15) is 0 Å². The first-order chi connectivity index (χ1) is 9.12. The van der Waals surface area contributed by atoms with Crippen molar-refractivity contribution in [1.29, 1.82) is 0 Å². The first-order valence-electron chi connectivity index (χ1n) is 5.56. The van der Waals surface area contributed by atoms with Crippen LogP contribution in [0.2, 0.25) is 0 Å². The molecule has 0 amide bonds. The molecule has 1 unspecified atom stereocenters. The summed E-state index contributed by atoms with van der Waals surface area (Å²) in [6.45, 7) is 12.6. The normalized spacial score (nSPS) is 14.7. The van der Waals surface area contributed by atoms with Crippen LogP contribution in [0.15, 0.2) is 38.2 Å².